The minimum atomic E-state index is 0.247. The van der Waals surface area contributed by atoms with Crippen LogP contribution in [0.1, 0.15) is 42.7 Å². The van der Waals surface area contributed by atoms with Crippen molar-refractivity contribution in [2.24, 2.45) is 0 Å². The maximum Gasteiger partial charge on any atom is 0.0436 e. The third-order valence-corrected chi connectivity index (χ3v) is 5.41. The van der Waals surface area contributed by atoms with Crippen molar-refractivity contribution < 1.29 is 5.11 Å². The Labute approximate surface area is 136 Å². The van der Waals surface area contributed by atoms with Gasteiger partial charge in [-0.15, -0.1) is 11.3 Å². The number of rotatable bonds is 6. The Morgan fingerprint density at radius 3 is 2.50 bits per heavy atom. The number of benzene rings is 2. The van der Waals surface area contributed by atoms with E-state index in [-0.39, 0.29) is 6.61 Å². The van der Waals surface area contributed by atoms with Gasteiger partial charge in [0.05, 0.1) is 0 Å². The molecule has 0 saturated heterocycles. The second-order valence-corrected chi connectivity index (χ2v) is 6.86. The van der Waals surface area contributed by atoms with Gasteiger partial charge in [-0.25, -0.2) is 0 Å². The van der Waals surface area contributed by atoms with Crippen LogP contribution in [0.5, 0.6) is 0 Å². The van der Waals surface area contributed by atoms with Crippen molar-refractivity contribution in [2.75, 3.05) is 6.61 Å². The second kappa shape index (κ2) is 7.08. The van der Waals surface area contributed by atoms with Gasteiger partial charge in [-0.2, -0.15) is 0 Å². The van der Waals surface area contributed by atoms with Gasteiger partial charge in [-0.1, -0.05) is 55.5 Å². The fraction of sp³-hybridized carbons (Fsp3) is 0.300. The predicted octanol–water partition coefficient (Wildman–Crippen LogP) is 5.56. The Balaban J connectivity index is 1.83. The number of fused-ring (bicyclic) bond motifs is 1. The van der Waals surface area contributed by atoms with Crippen LogP contribution < -0.4 is 0 Å². The largest absolute Gasteiger partial charge is 0.396 e. The third kappa shape index (κ3) is 3.23. The first-order chi connectivity index (χ1) is 10.8. The first-order valence-electron chi connectivity index (χ1n) is 7.91. The zero-order valence-corrected chi connectivity index (χ0v) is 13.7. The zero-order valence-electron chi connectivity index (χ0n) is 12.9. The van der Waals surface area contributed by atoms with Crippen molar-refractivity contribution in [3.05, 3.63) is 71.1 Å². The van der Waals surface area contributed by atoms with E-state index in [2.05, 4.69) is 66.9 Å². The SMILES string of the molecule is C[C@@H](C[C@H](CCO)c1ccccc1)c1csc2ccccc12. The van der Waals surface area contributed by atoms with Crippen LogP contribution in [-0.2, 0) is 0 Å². The predicted molar refractivity (Wildman–Crippen MR) is 95.7 cm³/mol. The van der Waals surface area contributed by atoms with Gasteiger partial charge in [0.1, 0.15) is 0 Å². The standard InChI is InChI=1S/C20H22OS/c1-15(19-14-22-20-10-6-5-9-18(19)20)13-17(11-12-21)16-7-3-2-4-8-16/h2-10,14-15,17,21H,11-13H2,1H3/t15-,17-/m0/s1. The summed E-state index contributed by atoms with van der Waals surface area (Å²) in [5.41, 5.74) is 2.78. The van der Waals surface area contributed by atoms with Gasteiger partial charge < -0.3 is 5.11 Å². The molecular formula is C20H22OS. The Morgan fingerprint density at radius 2 is 1.73 bits per heavy atom. The Kier molecular flexibility index (Phi) is 4.91. The molecule has 0 amide bonds. The second-order valence-electron chi connectivity index (χ2n) is 5.94. The molecule has 0 radical (unpaired) electrons. The van der Waals surface area contributed by atoms with E-state index in [9.17, 15) is 5.11 Å². The molecule has 0 aliphatic carbocycles. The van der Waals surface area contributed by atoms with Gasteiger partial charge in [-0.3, -0.25) is 0 Å². The number of thiophene rings is 1. The molecule has 1 aromatic heterocycles. The van der Waals surface area contributed by atoms with Crippen LogP contribution in [0.25, 0.3) is 10.1 Å². The number of hydrogen-bond donors (Lipinski definition) is 1. The highest BCUT2D eigenvalue weighted by Crippen LogP contribution is 2.37. The van der Waals surface area contributed by atoms with Gasteiger partial charge in [0.15, 0.2) is 0 Å². The molecule has 0 fully saturated rings. The normalized spacial score (nSPS) is 14.1. The lowest BCUT2D eigenvalue weighted by Crippen LogP contribution is -2.06. The van der Waals surface area contributed by atoms with Crippen LogP contribution in [0.3, 0.4) is 0 Å². The summed E-state index contributed by atoms with van der Waals surface area (Å²) in [6.45, 7) is 2.55. The van der Waals surface area contributed by atoms with Crippen LogP contribution in [0, 0.1) is 0 Å². The molecule has 3 aromatic rings. The Bertz CT molecular complexity index is 717. The molecule has 2 atom stereocenters. The summed E-state index contributed by atoms with van der Waals surface area (Å²) in [5, 5.41) is 13.1. The molecule has 0 aliphatic rings. The summed E-state index contributed by atoms with van der Waals surface area (Å²) in [6, 6.07) is 19.2. The lowest BCUT2D eigenvalue weighted by Gasteiger charge is -2.21. The van der Waals surface area contributed by atoms with Crippen molar-refractivity contribution in [1.29, 1.82) is 0 Å². The van der Waals surface area contributed by atoms with E-state index in [1.165, 1.54) is 21.2 Å². The lowest BCUT2D eigenvalue weighted by molar-refractivity contribution is 0.270. The summed E-state index contributed by atoms with van der Waals surface area (Å²) in [4.78, 5) is 0. The smallest absolute Gasteiger partial charge is 0.0436 e. The molecule has 0 unspecified atom stereocenters. The summed E-state index contributed by atoms with van der Waals surface area (Å²) in [7, 11) is 0. The van der Waals surface area contributed by atoms with Crippen molar-refractivity contribution >= 4 is 21.4 Å². The van der Waals surface area contributed by atoms with E-state index in [4.69, 9.17) is 0 Å². The van der Waals surface area contributed by atoms with Crippen molar-refractivity contribution in [3.63, 3.8) is 0 Å². The molecule has 1 nitrogen and oxygen atoms in total. The monoisotopic (exact) mass is 310 g/mol. The van der Waals surface area contributed by atoms with Crippen molar-refractivity contribution in [3.8, 4) is 0 Å². The quantitative estimate of drug-likeness (QED) is 0.632. The van der Waals surface area contributed by atoms with Crippen molar-refractivity contribution in [2.45, 2.75) is 31.6 Å². The number of aliphatic hydroxyl groups is 1. The average Bonchev–Trinajstić information content (AvgIpc) is 2.99. The van der Waals surface area contributed by atoms with Crippen LogP contribution in [0.4, 0.5) is 0 Å². The Hall–Kier alpha value is -1.64. The third-order valence-electron chi connectivity index (χ3n) is 4.43. The molecule has 1 heterocycles. The molecule has 0 spiro atoms. The van der Waals surface area contributed by atoms with Crippen LogP contribution in [0.2, 0.25) is 0 Å². The maximum atomic E-state index is 9.42. The number of aliphatic hydroxyl groups excluding tert-OH is 1. The average molecular weight is 310 g/mol. The van der Waals surface area contributed by atoms with Gasteiger partial charge >= 0.3 is 0 Å². The van der Waals surface area contributed by atoms with Gasteiger partial charge in [-0.05, 0) is 52.6 Å². The van der Waals surface area contributed by atoms with E-state index in [0.29, 0.717) is 11.8 Å². The van der Waals surface area contributed by atoms with E-state index in [0.717, 1.165) is 12.8 Å². The first-order valence-corrected chi connectivity index (χ1v) is 8.79. The van der Waals surface area contributed by atoms with E-state index in [1.807, 2.05) is 11.3 Å². The van der Waals surface area contributed by atoms with Gasteiger partial charge in [0.25, 0.3) is 0 Å². The van der Waals surface area contributed by atoms with Crippen molar-refractivity contribution in [1.82, 2.24) is 0 Å². The lowest BCUT2D eigenvalue weighted by atomic mass is 9.84. The molecule has 1 N–H and O–H groups in total. The van der Waals surface area contributed by atoms with E-state index >= 15 is 0 Å². The Morgan fingerprint density at radius 1 is 1.00 bits per heavy atom. The highest BCUT2D eigenvalue weighted by molar-refractivity contribution is 7.17. The minimum absolute atomic E-state index is 0.247. The maximum absolute atomic E-state index is 9.42. The molecule has 0 saturated carbocycles. The first kappa shape index (κ1) is 15.3. The fourth-order valence-electron chi connectivity index (χ4n) is 3.24. The molecule has 114 valence electrons. The van der Waals surface area contributed by atoms with Gasteiger partial charge in [0, 0.05) is 11.3 Å². The summed E-state index contributed by atoms with van der Waals surface area (Å²) >= 11 is 1.83. The van der Waals surface area contributed by atoms with E-state index < -0.39 is 0 Å². The molecule has 22 heavy (non-hydrogen) atoms. The number of hydrogen-bond acceptors (Lipinski definition) is 2. The molecular weight excluding hydrogens is 288 g/mol. The van der Waals surface area contributed by atoms with Crippen LogP contribution in [-0.4, -0.2) is 11.7 Å². The fourth-order valence-corrected chi connectivity index (χ4v) is 4.32. The highest BCUT2D eigenvalue weighted by atomic mass is 32.1. The topological polar surface area (TPSA) is 20.2 Å². The molecule has 2 aromatic carbocycles. The minimum Gasteiger partial charge on any atom is -0.396 e. The molecule has 3 rings (SSSR count). The van der Waals surface area contributed by atoms with E-state index in [1.54, 1.807) is 0 Å². The van der Waals surface area contributed by atoms with Crippen LogP contribution >= 0.6 is 11.3 Å². The molecule has 2 heteroatoms. The zero-order chi connectivity index (χ0) is 15.4. The molecule has 0 bridgehead atoms. The van der Waals surface area contributed by atoms with Crippen LogP contribution in [0.15, 0.2) is 60.0 Å². The summed E-state index contributed by atoms with van der Waals surface area (Å²) in [5.74, 6) is 0.910. The summed E-state index contributed by atoms with van der Waals surface area (Å²) in [6.07, 6.45) is 1.90. The highest BCUT2D eigenvalue weighted by Gasteiger charge is 2.18. The summed E-state index contributed by atoms with van der Waals surface area (Å²) < 4.78 is 1.36. The molecule has 0 aliphatic heterocycles. The van der Waals surface area contributed by atoms with Gasteiger partial charge in [0.2, 0.25) is 0 Å².